The van der Waals surface area contributed by atoms with Gasteiger partial charge in [-0.3, -0.25) is 14.5 Å². The molecule has 0 radical (unpaired) electrons. The molecule has 0 aromatic heterocycles. The van der Waals surface area contributed by atoms with E-state index in [1.165, 1.54) is 30.9 Å². The molecule has 1 fully saturated rings. The van der Waals surface area contributed by atoms with Crippen LogP contribution in [0.1, 0.15) is 76.1 Å². The molecule has 0 bridgehead atoms. The summed E-state index contributed by atoms with van der Waals surface area (Å²) in [5.41, 5.74) is 2.64. The summed E-state index contributed by atoms with van der Waals surface area (Å²) in [4.78, 5) is 31.8. The van der Waals surface area contributed by atoms with Crippen LogP contribution >= 0.6 is 11.6 Å². The lowest BCUT2D eigenvalue weighted by atomic mass is 9.96. The van der Waals surface area contributed by atoms with Crippen LogP contribution in [-0.2, 0) is 32.6 Å². The number of hydrogen-bond donors (Lipinski definition) is 2. The maximum Gasteiger partial charge on any atom is 0.245 e. The molecule has 1 heterocycles. The zero-order chi connectivity index (χ0) is 37.6. The van der Waals surface area contributed by atoms with Crippen molar-refractivity contribution < 1.29 is 22.7 Å². The van der Waals surface area contributed by atoms with Gasteiger partial charge in [0.05, 0.1) is 18.0 Å². The maximum absolute atomic E-state index is 13.8. The van der Waals surface area contributed by atoms with E-state index in [9.17, 15) is 18.0 Å². The van der Waals surface area contributed by atoms with Crippen LogP contribution in [0.25, 0.3) is 10.8 Å². The normalized spacial score (nSPS) is 17.8. The summed E-state index contributed by atoms with van der Waals surface area (Å²) in [6.45, 7) is 9.28. The van der Waals surface area contributed by atoms with E-state index in [1.807, 2.05) is 32.0 Å². The van der Waals surface area contributed by atoms with Gasteiger partial charge in [0.15, 0.2) is 0 Å². The molecule has 5 rings (SSSR count). The van der Waals surface area contributed by atoms with Crippen molar-refractivity contribution in [2.75, 3.05) is 14.2 Å². The van der Waals surface area contributed by atoms with E-state index in [1.54, 1.807) is 67.6 Å². The molecule has 52 heavy (non-hydrogen) atoms. The van der Waals surface area contributed by atoms with Crippen molar-refractivity contribution in [2.45, 2.75) is 101 Å². The molecule has 4 atom stereocenters. The Balaban J connectivity index is 1.35. The number of hydrogen-bond acceptors (Lipinski definition) is 6. The van der Waals surface area contributed by atoms with Crippen LogP contribution in [0.5, 0.6) is 5.75 Å². The second-order valence-corrected chi connectivity index (χ2v) is 16.4. The van der Waals surface area contributed by atoms with E-state index in [2.05, 4.69) is 40.9 Å². The van der Waals surface area contributed by atoms with Crippen molar-refractivity contribution in [2.24, 2.45) is 0 Å². The molecule has 1 saturated heterocycles. The van der Waals surface area contributed by atoms with Crippen LogP contribution in [0.15, 0.2) is 89.8 Å². The first-order chi connectivity index (χ1) is 24.7. The lowest BCUT2D eigenvalue weighted by Crippen LogP contribution is -2.50. The summed E-state index contributed by atoms with van der Waals surface area (Å²) in [5.74, 6) is -0.0339. The van der Waals surface area contributed by atoms with Crippen LogP contribution in [0.3, 0.4) is 0 Å². The van der Waals surface area contributed by atoms with Crippen molar-refractivity contribution >= 4 is 44.2 Å². The van der Waals surface area contributed by atoms with Gasteiger partial charge in [0.25, 0.3) is 0 Å². The molecule has 9 nitrogen and oxygen atoms in total. The average molecular weight is 747 g/mol. The average Bonchev–Trinajstić information content (AvgIpc) is 3.12. The van der Waals surface area contributed by atoms with Gasteiger partial charge in [-0.25, -0.2) is 13.1 Å². The summed E-state index contributed by atoms with van der Waals surface area (Å²) in [6.07, 6.45) is 3.69. The van der Waals surface area contributed by atoms with Gasteiger partial charge in [-0.2, -0.15) is 0 Å². The Morgan fingerprint density at radius 3 is 2.23 bits per heavy atom. The number of ether oxygens (including phenoxy) is 1. The SMILES string of the molecule is COc1ccc2cc(S(=O)(=O)N[C@@H](CC(=O)N[C@H](Cc3ccc(CN4C(C)CCCC4C)cc3)C(=O)N(C)C(C)C)c3cccc(Cl)c3)ccc2c1. The van der Waals surface area contributed by atoms with Gasteiger partial charge < -0.3 is 15.0 Å². The van der Waals surface area contributed by atoms with Crippen LogP contribution in [0.2, 0.25) is 5.02 Å². The molecule has 2 amide bonds. The number of nitrogens with zero attached hydrogens (tertiary/aromatic N) is 2. The van der Waals surface area contributed by atoms with Crippen molar-refractivity contribution in [1.82, 2.24) is 19.8 Å². The first-order valence-electron chi connectivity index (χ1n) is 18.0. The van der Waals surface area contributed by atoms with Crippen LogP contribution in [0.4, 0.5) is 0 Å². The first kappa shape index (κ1) is 39.3. The maximum atomic E-state index is 13.8. The van der Waals surface area contributed by atoms with Crippen molar-refractivity contribution in [3.63, 3.8) is 0 Å². The van der Waals surface area contributed by atoms with Crippen molar-refractivity contribution in [1.29, 1.82) is 0 Å². The van der Waals surface area contributed by atoms with Gasteiger partial charge in [0.2, 0.25) is 21.8 Å². The number of fused-ring (bicyclic) bond motifs is 1. The standard InChI is InChI=1S/C41H51ClN4O5S/c1-27(2)45(5)41(48)39(21-30-13-15-31(16-14-30)26-46-28(3)9-7-10-29(46)4)43-40(47)25-38(34-11-8-12-35(42)22-34)44-52(49,50)37-20-18-32-23-36(51-6)19-17-33(32)24-37/h8,11-20,22-24,27-29,38-39,44H,7,9-10,21,25-26H2,1-6H3,(H,43,47)/t28?,29?,38-,39+/m0/s1. The summed E-state index contributed by atoms with van der Waals surface area (Å²) in [5, 5.41) is 4.90. The van der Waals surface area contributed by atoms with Crippen LogP contribution in [-0.4, -0.2) is 68.4 Å². The number of amides is 2. The summed E-state index contributed by atoms with van der Waals surface area (Å²) in [7, 11) is -0.800. The van der Waals surface area contributed by atoms with Gasteiger partial charge in [0.1, 0.15) is 11.8 Å². The van der Waals surface area contributed by atoms with Crippen LogP contribution in [0, 0.1) is 0 Å². The molecule has 0 aliphatic carbocycles. The number of nitrogens with one attached hydrogen (secondary N) is 2. The second kappa shape index (κ2) is 17.2. The Bertz CT molecular complexity index is 1960. The molecular formula is C41H51ClN4O5S. The highest BCUT2D eigenvalue weighted by Gasteiger charge is 2.30. The van der Waals surface area contributed by atoms with Crippen molar-refractivity contribution in [3.8, 4) is 5.75 Å². The molecular weight excluding hydrogens is 696 g/mol. The number of benzene rings is 4. The molecule has 4 aromatic carbocycles. The number of piperidine rings is 1. The largest absolute Gasteiger partial charge is 0.497 e. The fraction of sp³-hybridized carbons (Fsp3) is 0.415. The summed E-state index contributed by atoms with van der Waals surface area (Å²) < 4.78 is 35.7. The number of likely N-dealkylation sites (tertiary alicyclic amines) is 1. The minimum absolute atomic E-state index is 0.0527. The number of carbonyl (C=O) groups excluding carboxylic acids is 2. The fourth-order valence-corrected chi connectivity index (χ4v) is 8.31. The smallest absolute Gasteiger partial charge is 0.245 e. The topological polar surface area (TPSA) is 108 Å². The van der Waals surface area contributed by atoms with Gasteiger partial charge in [-0.05, 0) is 104 Å². The molecule has 278 valence electrons. The minimum Gasteiger partial charge on any atom is -0.497 e. The molecule has 0 saturated carbocycles. The van der Waals surface area contributed by atoms with Crippen LogP contribution < -0.4 is 14.8 Å². The van der Waals surface area contributed by atoms with E-state index in [4.69, 9.17) is 16.3 Å². The third-order valence-corrected chi connectivity index (χ3v) is 11.9. The van der Waals surface area contributed by atoms with E-state index in [0.29, 0.717) is 28.4 Å². The number of carbonyl (C=O) groups is 2. The zero-order valence-corrected chi connectivity index (χ0v) is 32.5. The van der Waals surface area contributed by atoms with Gasteiger partial charge >= 0.3 is 0 Å². The molecule has 2 N–H and O–H groups in total. The predicted molar refractivity (Wildman–Crippen MR) is 208 cm³/mol. The first-order valence-corrected chi connectivity index (χ1v) is 19.9. The highest BCUT2D eigenvalue weighted by Crippen LogP contribution is 2.28. The van der Waals surface area contributed by atoms with Gasteiger partial charge in [0, 0.05) is 49.6 Å². The Kier molecular flexibility index (Phi) is 13.0. The van der Waals surface area contributed by atoms with E-state index in [-0.39, 0.29) is 29.7 Å². The summed E-state index contributed by atoms with van der Waals surface area (Å²) in [6, 6.07) is 24.4. The monoisotopic (exact) mass is 746 g/mol. The quantitative estimate of drug-likeness (QED) is 0.141. The Hall–Kier alpha value is -3.96. The number of likely N-dealkylation sites (N-methyl/N-ethyl adjacent to an activating group) is 1. The molecule has 1 aliphatic rings. The Morgan fingerprint density at radius 2 is 1.58 bits per heavy atom. The number of methoxy groups -OCH3 is 1. The molecule has 2 unspecified atom stereocenters. The molecule has 11 heteroatoms. The zero-order valence-electron chi connectivity index (χ0n) is 30.9. The third-order valence-electron chi connectivity index (χ3n) is 10.2. The molecule has 0 spiro atoms. The van der Waals surface area contributed by atoms with Gasteiger partial charge in [-0.1, -0.05) is 66.6 Å². The lowest BCUT2D eigenvalue weighted by Gasteiger charge is -2.39. The van der Waals surface area contributed by atoms with E-state index >= 15 is 0 Å². The highest BCUT2D eigenvalue weighted by molar-refractivity contribution is 7.89. The highest BCUT2D eigenvalue weighted by atomic mass is 35.5. The Morgan fingerprint density at radius 1 is 0.923 bits per heavy atom. The third kappa shape index (κ3) is 9.92. The van der Waals surface area contributed by atoms with Crippen molar-refractivity contribution in [3.05, 3.63) is 107 Å². The van der Waals surface area contributed by atoms with Gasteiger partial charge in [-0.15, -0.1) is 0 Å². The number of sulfonamides is 1. The Labute approximate surface area is 313 Å². The second-order valence-electron chi connectivity index (χ2n) is 14.3. The van der Waals surface area contributed by atoms with E-state index < -0.39 is 28.0 Å². The summed E-state index contributed by atoms with van der Waals surface area (Å²) >= 11 is 6.32. The minimum atomic E-state index is -4.10. The molecule has 4 aromatic rings. The van der Waals surface area contributed by atoms with E-state index in [0.717, 1.165) is 22.9 Å². The lowest BCUT2D eigenvalue weighted by molar-refractivity contribution is -0.136. The predicted octanol–water partition coefficient (Wildman–Crippen LogP) is 7.27. The molecule has 1 aliphatic heterocycles. The fourth-order valence-electron chi connectivity index (χ4n) is 6.85. The number of rotatable bonds is 14. The number of halogens is 1.